The van der Waals surface area contributed by atoms with Crippen LogP contribution in [0.25, 0.3) is 10.2 Å². The molecular formula is C25H26N4O3S. The van der Waals surface area contributed by atoms with E-state index in [1.54, 1.807) is 11.3 Å². The maximum atomic E-state index is 13.1. The molecule has 0 saturated heterocycles. The van der Waals surface area contributed by atoms with Crippen LogP contribution in [0.1, 0.15) is 28.8 Å². The fourth-order valence-corrected chi connectivity index (χ4v) is 5.45. The van der Waals surface area contributed by atoms with Crippen LogP contribution in [0.4, 0.5) is 0 Å². The highest BCUT2D eigenvalue weighted by atomic mass is 32.1. The van der Waals surface area contributed by atoms with E-state index >= 15 is 0 Å². The third-order valence-corrected chi connectivity index (χ3v) is 6.92. The summed E-state index contributed by atoms with van der Waals surface area (Å²) in [6.07, 6.45) is 0.821. The zero-order chi connectivity index (χ0) is 22.8. The SMILES string of the molecule is CCOc1ccc(OCc2nc3sc4c(c3c(=O)n2N)CCN(Cc2ccccc2)C4)cc1. The zero-order valence-electron chi connectivity index (χ0n) is 18.5. The van der Waals surface area contributed by atoms with Crippen molar-refractivity contribution in [2.24, 2.45) is 0 Å². The molecule has 1 aliphatic heterocycles. The van der Waals surface area contributed by atoms with Crippen molar-refractivity contribution in [3.8, 4) is 11.5 Å². The second-order valence-electron chi connectivity index (χ2n) is 8.03. The molecule has 5 rings (SSSR count). The maximum absolute atomic E-state index is 13.1. The first kappa shape index (κ1) is 21.5. The third-order valence-electron chi connectivity index (χ3n) is 5.81. The Morgan fingerprint density at radius 1 is 1.06 bits per heavy atom. The highest BCUT2D eigenvalue weighted by Crippen LogP contribution is 2.33. The number of rotatable bonds is 7. The molecule has 2 aromatic heterocycles. The van der Waals surface area contributed by atoms with E-state index in [-0.39, 0.29) is 12.2 Å². The van der Waals surface area contributed by atoms with Crippen LogP contribution in [0.15, 0.2) is 59.4 Å². The summed E-state index contributed by atoms with van der Waals surface area (Å²) >= 11 is 1.59. The number of thiophene rings is 1. The highest BCUT2D eigenvalue weighted by molar-refractivity contribution is 7.18. The Labute approximate surface area is 196 Å². The van der Waals surface area contributed by atoms with Gasteiger partial charge in [-0.25, -0.2) is 9.66 Å². The minimum absolute atomic E-state index is 0.109. The number of fused-ring (bicyclic) bond motifs is 3. The summed E-state index contributed by atoms with van der Waals surface area (Å²) in [4.78, 5) is 22.1. The Morgan fingerprint density at radius 3 is 2.52 bits per heavy atom. The molecule has 8 heteroatoms. The number of hydrogen-bond donors (Lipinski definition) is 1. The highest BCUT2D eigenvalue weighted by Gasteiger charge is 2.25. The summed E-state index contributed by atoms with van der Waals surface area (Å²) in [6, 6.07) is 17.8. The molecule has 0 aliphatic carbocycles. The van der Waals surface area contributed by atoms with Crippen LogP contribution < -0.4 is 20.9 Å². The molecule has 4 aromatic rings. The summed E-state index contributed by atoms with van der Waals surface area (Å²) in [7, 11) is 0. The van der Waals surface area contributed by atoms with Crippen molar-refractivity contribution in [3.05, 3.63) is 86.8 Å². The molecule has 0 amide bonds. The lowest BCUT2D eigenvalue weighted by molar-refractivity contribution is 0.249. The van der Waals surface area contributed by atoms with E-state index in [4.69, 9.17) is 20.3 Å². The zero-order valence-corrected chi connectivity index (χ0v) is 19.3. The van der Waals surface area contributed by atoms with Crippen molar-refractivity contribution in [2.45, 2.75) is 33.0 Å². The van der Waals surface area contributed by atoms with Crippen molar-refractivity contribution < 1.29 is 9.47 Å². The molecule has 3 heterocycles. The van der Waals surface area contributed by atoms with Gasteiger partial charge in [0.25, 0.3) is 5.56 Å². The van der Waals surface area contributed by atoms with Gasteiger partial charge in [0.15, 0.2) is 5.82 Å². The van der Waals surface area contributed by atoms with Gasteiger partial charge in [0.2, 0.25) is 0 Å². The average Bonchev–Trinajstić information content (AvgIpc) is 3.20. The molecule has 0 unspecified atom stereocenters. The van der Waals surface area contributed by atoms with Crippen molar-refractivity contribution in [2.75, 3.05) is 19.0 Å². The largest absolute Gasteiger partial charge is 0.494 e. The van der Waals surface area contributed by atoms with Crippen LogP contribution in [-0.4, -0.2) is 27.7 Å². The molecule has 2 aromatic carbocycles. The van der Waals surface area contributed by atoms with Gasteiger partial charge in [-0.2, -0.15) is 0 Å². The average molecular weight is 463 g/mol. The summed E-state index contributed by atoms with van der Waals surface area (Å²) < 4.78 is 12.4. The van der Waals surface area contributed by atoms with Gasteiger partial charge in [-0.1, -0.05) is 30.3 Å². The Hall–Kier alpha value is -3.36. The van der Waals surface area contributed by atoms with Crippen molar-refractivity contribution in [3.63, 3.8) is 0 Å². The summed E-state index contributed by atoms with van der Waals surface area (Å²) in [5.41, 5.74) is 2.17. The molecular weight excluding hydrogens is 436 g/mol. The van der Waals surface area contributed by atoms with Gasteiger partial charge in [-0.05, 0) is 48.7 Å². The fraction of sp³-hybridized carbons (Fsp3) is 0.280. The van der Waals surface area contributed by atoms with Crippen molar-refractivity contribution in [1.29, 1.82) is 0 Å². The van der Waals surface area contributed by atoms with Crippen LogP contribution in [-0.2, 0) is 26.1 Å². The molecule has 0 atom stereocenters. The van der Waals surface area contributed by atoms with Crippen LogP contribution in [0, 0.1) is 0 Å². The lowest BCUT2D eigenvalue weighted by Crippen LogP contribution is -2.33. The minimum Gasteiger partial charge on any atom is -0.494 e. The van der Waals surface area contributed by atoms with Gasteiger partial charge < -0.3 is 15.3 Å². The minimum atomic E-state index is -0.209. The number of hydrogen-bond acceptors (Lipinski definition) is 7. The normalized spacial score (nSPS) is 13.7. The molecule has 170 valence electrons. The van der Waals surface area contributed by atoms with Crippen LogP contribution >= 0.6 is 11.3 Å². The monoisotopic (exact) mass is 462 g/mol. The van der Waals surface area contributed by atoms with Gasteiger partial charge >= 0.3 is 0 Å². The van der Waals surface area contributed by atoms with Gasteiger partial charge in [0, 0.05) is 24.5 Å². The molecule has 1 aliphatic rings. The Morgan fingerprint density at radius 2 is 1.79 bits per heavy atom. The van der Waals surface area contributed by atoms with E-state index in [9.17, 15) is 4.79 Å². The molecule has 2 N–H and O–H groups in total. The Kier molecular flexibility index (Phi) is 6.02. The van der Waals surface area contributed by atoms with Gasteiger partial charge in [0.05, 0.1) is 12.0 Å². The Balaban J connectivity index is 1.36. The number of aromatic nitrogens is 2. The third kappa shape index (κ3) is 4.44. The fourth-order valence-electron chi connectivity index (χ4n) is 4.18. The standard InChI is InChI=1S/C25H26N4O3S/c1-2-31-18-8-10-19(11-9-18)32-16-22-27-24-23(25(30)29(22)26)20-12-13-28(15-21(20)33-24)14-17-6-4-3-5-7-17/h3-11H,2,12-16,26H2,1H3. The van der Waals surface area contributed by atoms with E-state index in [2.05, 4.69) is 29.2 Å². The first-order valence-electron chi connectivity index (χ1n) is 11.1. The number of nitrogens with zero attached hydrogens (tertiary/aromatic N) is 3. The summed E-state index contributed by atoms with van der Waals surface area (Å²) in [6.45, 7) is 5.27. The quantitative estimate of drug-likeness (QED) is 0.422. The number of nitrogen functional groups attached to an aromatic ring is 1. The van der Waals surface area contributed by atoms with Crippen LogP contribution in [0.3, 0.4) is 0 Å². The lowest BCUT2D eigenvalue weighted by Gasteiger charge is -2.26. The predicted molar refractivity (Wildman–Crippen MR) is 130 cm³/mol. The van der Waals surface area contributed by atoms with Gasteiger partial charge in [-0.15, -0.1) is 11.3 Å². The molecule has 0 radical (unpaired) electrons. The van der Waals surface area contributed by atoms with E-state index in [0.29, 0.717) is 23.6 Å². The number of ether oxygens (including phenoxy) is 2. The van der Waals surface area contributed by atoms with E-state index < -0.39 is 0 Å². The molecule has 0 spiro atoms. The summed E-state index contributed by atoms with van der Waals surface area (Å²) in [5, 5.41) is 0.654. The first-order chi connectivity index (χ1) is 16.1. The van der Waals surface area contributed by atoms with E-state index in [0.717, 1.165) is 46.9 Å². The topological polar surface area (TPSA) is 82.6 Å². The lowest BCUT2D eigenvalue weighted by atomic mass is 10.0. The second kappa shape index (κ2) is 9.25. The van der Waals surface area contributed by atoms with Gasteiger partial charge in [0.1, 0.15) is 22.9 Å². The molecule has 33 heavy (non-hydrogen) atoms. The van der Waals surface area contributed by atoms with E-state index in [1.807, 2.05) is 37.3 Å². The smallest absolute Gasteiger partial charge is 0.281 e. The summed E-state index contributed by atoms with van der Waals surface area (Å²) in [5.74, 6) is 7.98. The van der Waals surface area contributed by atoms with Crippen LogP contribution in [0.2, 0.25) is 0 Å². The van der Waals surface area contributed by atoms with Crippen LogP contribution in [0.5, 0.6) is 11.5 Å². The van der Waals surface area contributed by atoms with Crippen molar-refractivity contribution >= 4 is 21.6 Å². The molecule has 0 bridgehead atoms. The first-order valence-corrected chi connectivity index (χ1v) is 11.9. The van der Waals surface area contributed by atoms with Crippen molar-refractivity contribution in [1.82, 2.24) is 14.6 Å². The number of nitrogens with two attached hydrogens (primary N) is 1. The predicted octanol–water partition coefficient (Wildman–Crippen LogP) is 3.71. The van der Waals surface area contributed by atoms with E-state index in [1.165, 1.54) is 10.4 Å². The molecule has 0 saturated carbocycles. The maximum Gasteiger partial charge on any atom is 0.281 e. The van der Waals surface area contributed by atoms with Gasteiger partial charge in [-0.3, -0.25) is 9.69 Å². The second-order valence-corrected chi connectivity index (χ2v) is 9.11. The molecule has 0 fully saturated rings. The number of benzene rings is 2. The Bertz CT molecular complexity index is 1320. The molecule has 7 nitrogen and oxygen atoms in total.